The highest BCUT2D eigenvalue weighted by Crippen LogP contribution is 2.15. The maximum atomic E-state index is 11.5. The number of hydrogen-bond acceptors (Lipinski definition) is 3. The molecule has 0 saturated carbocycles. The molecule has 0 radical (unpaired) electrons. The maximum Gasteiger partial charge on any atom is 0.266 e. The molecule has 2 N–H and O–H groups in total. The topological polar surface area (TPSA) is 83.5 Å². The quantitative estimate of drug-likeness (QED) is 0.118. The third-order valence-corrected chi connectivity index (χ3v) is 6.66. The molecule has 0 aromatic rings. The summed E-state index contributed by atoms with van der Waals surface area (Å²) in [7, 11) is -3.99. The van der Waals surface area contributed by atoms with Gasteiger partial charge in [0, 0.05) is 13.0 Å². The van der Waals surface area contributed by atoms with Gasteiger partial charge in [0.2, 0.25) is 5.91 Å². The molecule has 0 aromatic heterocycles. The monoisotopic (exact) mass is 461 g/mol. The van der Waals surface area contributed by atoms with Crippen molar-refractivity contribution in [2.75, 3.05) is 12.3 Å². The summed E-state index contributed by atoms with van der Waals surface area (Å²) in [5.74, 6) is -0.552. The smallest absolute Gasteiger partial charge is 0.266 e. The fourth-order valence-corrected chi connectivity index (χ4v) is 4.31. The second-order valence-corrected chi connectivity index (χ2v) is 10.7. The van der Waals surface area contributed by atoms with Crippen LogP contribution in [0.5, 0.6) is 0 Å². The predicted octanol–water partition coefficient (Wildman–Crippen LogP) is 7.20. The molecule has 6 heteroatoms. The van der Waals surface area contributed by atoms with Gasteiger partial charge in [-0.3, -0.25) is 9.35 Å². The van der Waals surface area contributed by atoms with Crippen LogP contribution in [0.15, 0.2) is 0 Å². The Hall–Kier alpha value is -0.620. The summed E-state index contributed by atoms with van der Waals surface area (Å²) in [6.45, 7) is 2.26. The van der Waals surface area contributed by atoms with E-state index >= 15 is 0 Å². The fourth-order valence-electron chi connectivity index (χ4n) is 3.95. The Bertz CT molecular complexity index is 494. The predicted molar refractivity (Wildman–Crippen MR) is 132 cm³/mol. The van der Waals surface area contributed by atoms with Crippen LogP contribution >= 0.6 is 0 Å². The summed E-state index contributed by atoms with van der Waals surface area (Å²) in [6.07, 6.45) is 27.1. The molecular weight excluding hydrogens is 410 g/mol. The zero-order chi connectivity index (χ0) is 23.0. The molecule has 0 spiro atoms. The van der Waals surface area contributed by atoms with E-state index in [1.165, 1.54) is 109 Å². The lowest BCUT2D eigenvalue weighted by atomic mass is 10.0. The molecular formula is C25H51NO4S. The van der Waals surface area contributed by atoms with Crippen molar-refractivity contribution >= 4 is 16.0 Å². The number of nitrogens with one attached hydrogen (secondary N) is 1. The first-order valence-electron chi connectivity index (χ1n) is 13.2. The molecule has 5 nitrogen and oxygen atoms in total. The Morgan fingerprint density at radius 2 is 0.935 bits per heavy atom. The van der Waals surface area contributed by atoms with E-state index in [0.29, 0.717) is 6.42 Å². The van der Waals surface area contributed by atoms with Gasteiger partial charge in [0.1, 0.15) is 0 Å². The lowest BCUT2D eigenvalue weighted by molar-refractivity contribution is -0.121. The summed E-state index contributed by atoms with van der Waals surface area (Å²) < 4.78 is 29.7. The fraction of sp³-hybridized carbons (Fsp3) is 0.960. The van der Waals surface area contributed by atoms with Crippen LogP contribution < -0.4 is 5.32 Å². The Morgan fingerprint density at radius 1 is 0.613 bits per heavy atom. The SMILES string of the molecule is CCCCCCCCCCCCCCCCCCCCCCC(=O)NCCS(=O)(=O)O. The zero-order valence-electron chi connectivity index (χ0n) is 20.3. The number of carbonyl (C=O) groups is 1. The summed E-state index contributed by atoms with van der Waals surface area (Å²) in [6, 6.07) is 0. The first kappa shape index (κ1) is 30.4. The van der Waals surface area contributed by atoms with Gasteiger partial charge in [0.15, 0.2) is 0 Å². The third kappa shape index (κ3) is 27.3. The van der Waals surface area contributed by atoms with E-state index in [2.05, 4.69) is 12.2 Å². The van der Waals surface area contributed by atoms with Crippen molar-refractivity contribution in [2.24, 2.45) is 0 Å². The normalized spacial score (nSPS) is 11.7. The molecule has 31 heavy (non-hydrogen) atoms. The van der Waals surface area contributed by atoms with Crippen LogP contribution in [0.3, 0.4) is 0 Å². The minimum absolute atomic E-state index is 0.0170. The molecule has 0 unspecified atom stereocenters. The van der Waals surface area contributed by atoms with Crippen molar-refractivity contribution in [3.05, 3.63) is 0 Å². The van der Waals surface area contributed by atoms with Crippen LogP contribution in [0.1, 0.15) is 142 Å². The van der Waals surface area contributed by atoms with Crippen molar-refractivity contribution in [1.29, 1.82) is 0 Å². The molecule has 0 aromatic carbocycles. The van der Waals surface area contributed by atoms with Crippen LogP contribution in [0.4, 0.5) is 0 Å². The Balaban J connectivity index is 3.14. The van der Waals surface area contributed by atoms with Gasteiger partial charge in [-0.1, -0.05) is 129 Å². The summed E-state index contributed by atoms with van der Waals surface area (Å²) in [5.41, 5.74) is 0. The highest BCUT2D eigenvalue weighted by Gasteiger charge is 2.06. The van der Waals surface area contributed by atoms with Crippen molar-refractivity contribution in [3.63, 3.8) is 0 Å². The molecule has 0 bridgehead atoms. The second-order valence-electron chi connectivity index (χ2n) is 9.10. The lowest BCUT2D eigenvalue weighted by Crippen LogP contribution is -2.28. The summed E-state index contributed by atoms with van der Waals surface area (Å²) in [5, 5.41) is 2.52. The molecule has 0 fully saturated rings. The van der Waals surface area contributed by atoms with Crippen LogP contribution in [0.2, 0.25) is 0 Å². The molecule has 0 saturated heterocycles. The van der Waals surface area contributed by atoms with E-state index < -0.39 is 15.9 Å². The molecule has 186 valence electrons. The average molecular weight is 462 g/mol. The third-order valence-electron chi connectivity index (χ3n) is 5.94. The van der Waals surface area contributed by atoms with Crippen LogP contribution in [-0.4, -0.2) is 31.2 Å². The Labute approximate surface area is 193 Å². The molecule has 0 rings (SSSR count). The van der Waals surface area contributed by atoms with Gasteiger partial charge in [-0.15, -0.1) is 0 Å². The van der Waals surface area contributed by atoms with E-state index in [1.54, 1.807) is 0 Å². The zero-order valence-corrected chi connectivity index (χ0v) is 21.2. The highest BCUT2D eigenvalue weighted by molar-refractivity contribution is 7.85. The van der Waals surface area contributed by atoms with E-state index in [4.69, 9.17) is 4.55 Å². The molecule has 0 aliphatic rings. The van der Waals surface area contributed by atoms with E-state index in [1.807, 2.05) is 0 Å². The van der Waals surface area contributed by atoms with Gasteiger partial charge in [0.05, 0.1) is 5.75 Å². The van der Waals surface area contributed by atoms with Crippen LogP contribution in [0, 0.1) is 0 Å². The van der Waals surface area contributed by atoms with Gasteiger partial charge >= 0.3 is 0 Å². The standard InChI is InChI=1S/C25H51NO4S/c1-2-3-4-5-6-7-8-9-10-11-12-13-14-15-16-17-18-19-20-21-22-25(27)26-23-24-31(28,29)30/h2-24H2,1H3,(H,26,27)(H,28,29,30). The number of amides is 1. The molecule has 0 atom stereocenters. The second kappa shape index (κ2) is 22.6. The molecule has 0 heterocycles. The number of unbranched alkanes of at least 4 members (excludes halogenated alkanes) is 19. The summed E-state index contributed by atoms with van der Waals surface area (Å²) in [4.78, 5) is 11.5. The van der Waals surface area contributed by atoms with E-state index in [9.17, 15) is 13.2 Å². The lowest BCUT2D eigenvalue weighted by Gasteiger charge is -2.05. The van der Waals surface area contributed by atoms with Gasteiger partial charge in [0.25, 0.3) is 10.1 Å². The minimum Gasteiger partial charge on any atom is -0.355 e. The minimum atomic E-state index is -3.99. The number of hydrogen-bond donors (Lipinski definition) is 2. The van der Waals surface area contributed by atoms with Crippen molar-refractivity contribution in [2.45, 2.75) is 142 Å². The number of carbonyl (C=O) groups excluding carboxylic acids is 1. The van der Waals surface area contributed by atoms with Gasteiger partial charge < -0.3 is 5.32 Å². The van der Waals surface area contributed by atoms with Gasteiger partial charge in [-0.25, -0.2) is 0 Å². The van der Waals surface area contributed by atoms with E-state index in [-0.39, 0.29) is 12.5 Å². The molecule has 0 aliphatic heterocycles. The van der Waals surface area contributed by atoms with Crippen molar-refractivity contribution < 1.29 is 17.8 Å². The summed E-state index contributed by atoms with van der Waals surface area (Å²) >= 11 is 0. The van der Waals surface area contributed by atoms with E-state index in [0.717, 1.165) is 19.3 Å². The van der Waals surface area contributed by atoms with Crippen molar-refractivity contribution in [3.8, 4) is 0 Å². The Morgan fingerprint density at radius 3 is 1.26 bits per heavy atom. The number of rotatable bonds is 24. The van der Waals surface area contributed by atoms with Crippen molar-refractivity contribution in [1.82, 2.24) is 5.32 Å². The first-order chi connectivity index (χ1) is 15.0. The Kier molecular flexibility index (Phi) is 22.1. The molecule has 0 aliphatic carbocycles. The highest BCUT2D eigenvalue weighted by atomic mass is 32.2. The van der Waals surface area contributed by atoms with Gasteiger partial charge in [-0.05, 0) is 6.42 Å². The maximum absolute atomic E-state index is 11.5. The largest absolute Gasteiger partial charge is 0.355 e. The molecule has 1 amide bonds. The first-order valence-corrected chi connectivity index (χ1v) is 14.8. The van der Waals surface area contributed by atoms with Crippen LogP contribution in [-0.2, 0) is 14.9 Å². The van der Waals surface area contributed by atoms with Gasteiger partial charge in [-0.2, -0.15) is 8.42 Å². The average Bonchev–Trinajstić information content (AvgIpc) is 2.71. The van der Waals surface area contributed by atoms with Crippen LogP contribution in [0.25, 0.3) is 0 Å².